The first kappa shape index (κ1) is 14.4. The number of hydrogen-bond acceptors (Lipinski definition) is 6. The predicted octanol–water partition coefficient (Wildman–Crippen LogP) is 1.85. The summed E-state index contributed by atoms with van der Waals surface area (Å²) in [4.78, 5) is 27.1. The van der Waals surface area contributed by atoms with Crippen molar-refractivity contribution < 1.29 is 4.79 Å². The molecular weight excluding hydrogens is 274 g/mol. The van der Waals surface area contributed by atoms with E-state index in [9.17, 15) is 4.79 Å². The average molecular weight is 291 g/mol. The van der Waals surface area contributed by atoms with Gasteiger partial charge in [0.15, 0.2) is 5.01 Å². The minimum absolute atomic E-state index is 0.306. The van der Waals surface area contributed by atoms with E-state index in [0.717, 1.165) is 29.4 Å². The van der Waals surface area contributed by atoms with Crippen LogP contribution >= 0.6 is 11.3 Å². The molecule has 0 aliphatic heterocycles. The van der Waals surface area contributed by atoms with Crippen LogP contribution in [-0.4, -0.2) is 33.9 Å². The molecule has 2 heterocycles. The molecule has 0 aliphatic carbocycles. The van der Waals surface area contributed by atoms with E-state index in [2.05, 4.69) is 33.7 Å². The maximum atomic E-state index is 11.2. The summed E-state index contributed by atoms with van der Waals surface area (Å²) in [7, 11) is 0. The highest BCUT2D eigenvalue weighted by Gasteiger charge is 2.15. The lowest BCUT2D eigenvalue weighted by Gasteiger charge is -2.18. The van der Waals surface area contributed by atoms with Crippen LogP contribution in [-0.2, 0) is 0 Å². The number of amides is 1. The molecule has 2 N–H and O–H groups in total. The molecule has 0 atom stereocenters. The number of aryl methyl sites for hydroxylation is 1. The Hall–Kier alpha value is -2.02. The predicted molar refractivity (Wildman–Crippen MR) is 80.0 cm³/mol. The molecule has 0 unspecified atom stereocenters. The molecule has 0 saturated heterocycles. The second-order valence-corrected chi connectivity index (χ2v) is 5.21. The highest BCUT2D eigenvalue weighted by atomic mass is 32.1. The van der Waals surface area contributed by atoms with Gasteiger partial charge in [-0.3, -0.25) is 4.79 Å². The highest BCUT2D eigenvalue weighted by Crippen LogP contribution is 2.29. The maximum absolute atomic E-state index is 11.2. The fourth-order valence-corrected chi connectivity index (χ4v) is 2.76. The number of carbonyl (C=O) groups is 1. The molecule has 0 spiro atoms. The lowest BCUT2D eigenvalue weighted by atomic mass is 10.3. The Morgan fingerprint density at radius 3 is 2.60 bits per heavy atom. The van der Waals surface area contributed by atoms with Crippen molar-refractivity contribution in [2.45, 2.75) is 20.8 Å². The Kier molecular flexibility index (Phi) is 4.29. The van der Waals surface area contributed by atoms with Gasteiger partial charge in [0.2, 0.25) is 5.95 Å². The van der Waals surface area contributed by atoms with Crippen LogP contribution in [0.1, 0.15) is 29.3 Å². The lowest BCUT2D eigenvalue weighted by Crippen LogP contribution is -2.24. The standard InChI is InChI=1S/C13H17N5OS/c1-4-18(5-2)13-15-7-6-9(17-13)10-8(3)16-12(20-10)11(14)19/h6-7H,4-5H2,1-3H3,(H2,14,19). The van der Waals surface area contributed by atoms with E-state index in [-0.39, 0.29) is 0 Å². The van der Waals surface area contributed by atoms with Gasteiger partial charge in [0, 0.05) is 19.3 Å². The van der Waals surface area contributed by atoms with Gasteiger partial charge in [-0.15, -0.1) is 11.3 Å². The number of nitrogens with zero attached hydrogens (tertiary/aromatic N) is 4. The first-order chi connectivity index (χ1) is 9.56. The molecular formula is C13H17N5OS. The Labute approximate surface area is 121 Å². The van der Waals surface area contributed by atoms with Crippen molar-refractivity contribution in [1.82, 2.24) is 15.0 Å². The van der Waals surface area contributed by atoms with E-state index in [1.165, 1.54) is 11.3 Å². The first-order valence-electron chi connectivity index (χ1n) is 6.42. The topological polar surface area (TPSA) is 85.0 Å². The van der Waals surface area contributed by atoms with Crippen LogP contribution in [0.4, 0.5) is 5.95 Å². The number of primary amides is 1. The van der Waals surface area contributed by atoms with Crippen molar-refractivity contribution in [1.29, 1.82) is 0 Å². The summed E-state index contributed by atoms with van der Waals surface area (Å²) in [6, 6.07) is 1.82. The number of aromatic nitrogens is 3. The minimum Gasteiger partial charge on any atom is -0.364 e. The fraction of sp³-hybridized carbons (Fsp3) is 0.385. The highest BCUT2D eigenvalue weighted by molar-refractivity contribution is 7.17. The Morgan fingerprint density at radius 1 is 1.35 bits per heavy atom. The van der Waals surface area contributed by atoms with Crippen molar-refractivity contribution in [3.8, 4) is 10.6 Å². The summed E-state index contributed by atoms with van der Waals surface area (Å²) < 4.78 is 0. The summed E-state index contributed by atoms with van der Waals surface area (Å²) >= 11 is 1.26. The van der Waals surface area contributed by atoms with Crippen LogP contribution in [0.15, 0.2) is 12.3 Å². The Bertz CT molecular complexity index is 621. The summed E-state index contributed by atoms with van der Waals surface area (Å²) in [5, 5.41) is 0.306. The summed E-state index contributed by atoms with van der Waals surface area (Å²) in [6.07, 6.45) is 1.72. The van der Waals surface area contributed by atoms with Crippen LogP contribution in [0, 0.1) is 6.92 Å². The van der Waals surface area contributed by atoms with Crippen LogP contribution < -0.4 is 10.6 Å². The van der Waals surface area contributed by atoms with Gasteiger partial charge in [0.05, 0.1) is 16.3 Å². The van der Waals surface area contributed by atoms with Gasteiger partial charge >= 0.3 is 0 Å². The van der Waals surface area contributed by atoms with Crippen LogP contribution in [0.25, 0.3) is 10.6 Å². The second kappa shape index (κ2) is 5.96. The molecule has 2 aromatic heterocycles. The van der Waals surface area contributed by atoms with Gasteiger partial charge in [0.25, 0.3) is 5.91 Å². The zero-order chi connectivity index (χ0) is 14.7. The monoisotopic (exact) mass is 291 g/mol. The van der Waals surface area contributed by atoms with E-state index in [0.29, 0.717) is 11.0 Å². The Balaban J connectivity index is 2.43. The molecule has 0 radical (unpaired) electrons. The first-order valence-corrected chi connectivity index (χ1v) is 7.24. The molecule has 20 heavy (non-hydrogen) atoms. The number of rotatable bonds is 5. The van der Waals surface area contributed by atoms with Crippen molar-refractivity contribution in [2.24, 2.45) is 5.73 Å². The van der Waals surface area contributed by atoms with Gasteiger partial charge in [-0.25, -0.2) is 15.0 Å². The average Bonchev–Trinajstić information content (AvgIpc) is 2.83. The normalized spacial score (nSPS) is 10.6. The summed E-state index contributed by atoms with van der Waals surface area (Å²) in [5.74, 6) is 0.170. The summed E-state index contributed by atoms with van der Waals surface area (Å²) in [5.41, 5.74) is 6.79. The largest absolute Gasteiger partial charge is 0.364 e. The van der Waals surface area contributed by atoms with Gasteiger partial charge in [-0.05, 0) is 26.8 Å². The fourth-order valence-electron chi connectivity index (χ4n) is 1.87. The summed E-state index contributed by atoms with van der Waals surface area (Å²) in [6.45, 7) is 7.64. The number of carbonyl (C=O) groups excluding carboxylic acids is 1. The van der Waals surface area contributed by atoms with Crippen molar-refractivity contribution in [2.75, 3.05) is 18.0 Å². The molecule has 0 fully saturated rings. The molecule has 7 heteroatoms. The van der Waals surface area contributed by atoms with E-state index < -0.39 is 5.91 Å². The molecule has 0 saturated carbocycles. The quantitative estimate of drug-likeness (QED) is 0.908. The van der Waals surface area contributed by atoms with Gasteiger partial charge < -0.3 is 10.6 Å². The molecule has 1 amide bonds. The van der Waals surface area contributed by atoms with Crippen LogP contribution in [0.2, 0.25) is 0 Å². The molecule has 6 nitrogen and oxygen atoms in total. The van der Waals surface area contributed by atoms with E-state index >= 15 is 0 Å². The number of thiazole rings is 1. The Morgan fingerprint density at radius 2 is 2.05 bits per heavy atom. The number of nitrogens with two attached hydrogens (primary N) is 1. The third-order valence-electron chi connectivity index (χ3n) is 2.93. The van der Waals surface area contributed by atoms with Gasteiger partial charge in [-0.2, -0.15) is 0 Å². The number of anilines is 1. The van der Waals surface area contributed by atoms with E-state index in [1.807, 2.05) is 13.0 Å². The molecule has 0 bridgehead atoms. The molecule has 2 rings (SSSR count). The van der Waals surface area contributed by atoms with Gasteiger partial charge in [-0.1, -0.05) is 0 Å². The van der Waals surface area contributed by atoms with Crippen molar-refractivity contribution in [3.63, 3.8) is 0 Å². The maximum Gasteiger partial charge on any atom is 0.277 e. The number of hydrogen-bond donors (Lipinski definition) is 1. The lowest BCUT2D eigenvalue weighted by molar-refractivity contribution is 0.1000. The van der Waals surface area contributed by atoms with E-state index in [1.54, 1.807) is 6.20 Å². The van der Waals surface area contributed by atoms with Crippen molar-refractivity contribution >= 4 is 23.2 Å². The van der Waals surface area contributed by atoms with Crippen molar-refractivity contribution in [3.05, 3.63) is 23.0 Å². The van der Waals surface area contributed by atoms with Crippen LogP contribution in [0.3, 0.4) is 0 Å². The van der Waals surface area contributed by atoms with E-state index in [4.69, 9.17) is 5.73 Å². The zero-order valence-corrected chi connectivity index (χ0v) is 12.6. The zero-order valence-electron chi connectivity index (χ0n) is 11.8. The molecule has 2 aromatic rings. The minimum atomic E-state index is -0.512. The smallest absolute Gasteiger partial charge is 0.277 e. The second-order valence-electron chi connectivity index (χ2n) is 4.21. The third-order valence-corrected chi connectivity index (χ3v) is 4.12. The van der Waals surface area contributed by atoms with Crippen LogP contribution in [0.5, 0.6) is 0 Å². The molecule has 0 aliphatic rings. The third kappa shape index (κ3) is 2.77. The SMILES string of the molecule is CCN(CC)c1nccc(-c2sc(C(N)=O)nc2C)n1. The molecule has 106 valence electrons. The molecule has 0 aromatic carbocycles. The van der Waals surface area contributed by atoms with Gasteiger partial charge in [0.1, 0.15) is 0 Å².